The van der Waals surface area contributed by atoms with Crippen molar-refractivity contribution in [1.29, 1.82) is 0 Å². The van der Waals surface area contributed by atoms with E-state index in [9.17, 15) is 13.6 Å². The van der Waals surface area contributed by atoms with Crippen LogP contribution in [-0.4, -0.2) is 23.9 Å². The smallest absolute Gasteiger partial charge is 0.281 e. The fraction of sp³-hybridized carbons (Fsp3) is 0.0625. The average Bonchev–Trinajstić information content (AvgIpc) is 2.74. The number of aliphatic imine (C=N–C) groups is 2. The maximum Gasteiger partial charge on any atom is 0.281 e. The van der Waals surface area contributed by atoms with Gasteiger partial charge >= 0.3 is 0 Å². The number of nitrogens with zero attached hydrogens (tertiary/aromatic N) is 2. The van der Waals surface area contributed by atoms with E-state index in [4.69, 9.17) is 17.4 Å². The maximum atomic E-state index is 14.2. The van der Waals surface area contributed by atoms with Gasteiger partial charge in [0.05, 0.1) is 23.5 Å². The lowest BCUT2D eigenvalue weighted by Crippen LogP contribution is -2.37. The zero-order valence-corrected chi connectivity index (χ0v) is 12.9. The van der Waals surface area contributed by atoms with E-state index in [2.05, 4.69) is 9.98 Å². The summed E-state index contributed by atoms with van der Waals surface area (Å²) in [5.41, 5.74) is 2.37. The monoisotopic (exact) mass is 348 g/mol. The van der Waals surface area contributed by atoms with Crippen LogP contribution in [-0.2, 0) is 4.79 Å². The highest BCUT2D eigenvalue weighted by Crippen LogP contribution is 2.30. The third kappa shape index (κ3) is 2.91. The number of carbonyl (C=O) groups excluding carboxylic acids is 1. The first-order valence-corrected chi connectivity index (χ1v) is 7.26. The second kappa shape index (κ2) is 6.46. The van der Waals surface area contributed by atoms with Crippen LogP contribution in [0.4, 0.5) is 14.5 Å². The first-order valence-electron chi connectivity index (χ1n) is 6.88. The van der Waals surface area contributed by atoms with E-state index in [-0.39, 0.29) is 23.5 Å². The van der Waals surface area contributed by atoms with E-state index in [1.165, 1.54) is 12.1 Å². The van der Waals surface area contributed by atoms with Gasteiger partial charge in [-0.1, -0.05) is 17.7 Å². The van der Waals surface area contributed by atoms with Crippen molar-refractivity contribution in [2.75, 3.05) is 6.54 Å². The molecule has 2 aromatic carbocycles. The van der Waals surface area contributed by atoms with Gasteiger partial charge in [-0.3, -0.25) is 15.2 Å². The quantitative estimate of drug-likeness (QED) is 0.497. The summed E-state index contributed by atoms with van der Waals surface area (Å²) >= 11 is 6.00. The molecule has 0 unspecified atom stereocenters. The Kier molecular flexibility index (Phi) is 4.37. The van der Waals surface area contributed by atoms with Crippen LogP contribution in [0.2, 0.25) is 5.02 Å². The van der Waals surface area contributed by atoms with Crippen molar-refractivity contribution in [2.45, 2.75) is 0 Å². The van der Waals surface area contributed by atoms with E-state index in [1.807, 2.05) is 5.43 Å². The van der Waals surface area contributed by atoms with Gasteiger partial charge in [0.15, 0.2) is 0 Å². The number of halogens is 3. The van der Waals surface area contributed by atoms with Crippen molar-refractivity contribution in [3.8, 4) is 0 Å². The molecule has 0 fully saturated rings. The van der Waals surface area contributed by atoms with Gasteiger partial charge in [0.2, 0.25) is 0 Å². The molecule has 8 heteroatoms. The molecule has 0 saturated carbocycles. The Balaban J connectivity index is 2.25. The molecule has 0 aliphatic carbocycles. The molecular formula is C16H11ClF2N4O. The minimum absolute atomic E-state index is 0.0211. The molecule has 0 saturated heterocycles. The van der Waals surface area contributed by atoms with E-state index in [0.29, 0.717) is 16.3 Å². The summed E-state index contributed by atoms with van der Waals surface area (Å²) in [7, 11) is 0. The van der Waals surface area contributed by atoms with E-state index in [1.54, 1.807) is 12.1 Å². The fourth-order valence-electron chi connectivity index (χ4n) is 2.36. The van der Waals surface area contributed by atoms with Crippen molar-refractivity contribution >= 4 is 34.6 Å². The number of nitrogens with two attached hydrogens (primary N) is 1. The molecule has 122 valence electrons. The van der Waals surface area contributed by atoms with Gasteiger partial charge in [-0.05, 0) is 30.3 Å². The van der Waals surface area contributed by atoms with Crippen molar-refractivity contribution in [3.63, 3.8) is 0 Å². The zero-order chi connectivity index (χ0) is 17.3. The summed E-state index contributed by atoms with van der Waals surface area (Å²) in [6.07, 6.45) is 0. The van der Waals surface area contributed by atoms with Crippen LogP contribution in [0.15, 0.2) is 46.4 Å². The zero-order valence-electron chi connectivity index (χ0n) is 12.2. The van der Waals surface area contributed by atoms with Crippen molar-refractivity contribution in [1.82, 2.24) is 5.43 Å². The summed E-state index contributed by atoms with van der Waals surface area (Å²) in [6, 6.07) is 8.11. The van der Waals surface area contributed by atoms with Crippen LogP contribution in [0.3, 0.4) is 0 Å². The highest BCUT2D eigenvalue weighted by molar-refractivity contribution is 6.41. The Labute approximate surface area is 140 Å². The lowest BCUT2D eigenvalue weighted by Gasteiger charge is -2.10. The van der Waals surface area contributed by atoms with Crippen LogP contribution >= 0.6 is 11.6 Å². The molecule has 1 aliphatic rings. The molecule has 0 aromatic heterocycles. The topological polar surface area (TPSA) is 79.8 Å². The van der Waals surface area contributed by atoms with Crippen LogP contribution in [0.25, 0.3) is 0 Å². The maximum absolute atomic E-state index is 14.2. The minimum atomic E-state index is -0.772. The molecule has 2 aromatic rings. The summed E-state index contributed by atoms with van der Waals surface area (Å²) < 4.78 is 28.4. The minimum Gasteiger partial charge on any atom is -0.289 e. The second-order valence-electron chi connectivity index (χ2n) is 4.95. The number of fused-ring (bicyclic) bond motifs is 1. The van der Waals surface area contributed by atoms with Gasteiger partial charge in [0.25, 0.3) is 5.91 Å². The van der Waals surface area contributed by atoms with E-state index in [0.717, 1.165) is 12.1 Å². The van der Waals surface area contributed by atoms with E-state index >= 15 is 0 Å². The summed E-state index contributed by atoms with van der Waals surface area (Å²) in [5.74, 6) is 2.95. The van der Waals surface area contributed by atoms with Gasteiger partial charge in [-0.2, -0.15) is 0 Å². The molecular weight excluding hydrogens is 338 g/mol. The number of hydrogen-bond donors (Lipinski definition) is 2. The molecule has 0 atom stereocenters. The predicted molar refractivity (Wildman–Crippen MR) is 87.7 cm³/mol. The molecule has 1 aliphatic heterocycles. The standard InChI is InChI=1S/C16H11ClF2N4O/c17-8-4-5-12-9(6-8)15(14-10(18)2-1-3-11(14)19)21-7-13(22-12)16(24)23-20/h1-6H,7,20H2,(H,23,24). The van der Waals surface area contributed by atoms with Gasteiger partial charge in [-0.15, -0.1) is 0 Å². The first kappa shape index (κ1) is 16.2. The van der Waals surface area contributed by atoms with Gasteiger partial charge < -0.3 is 0 Å². The Morgan fingerprint density at radius 3 is 2.58 bits per heavy atom. The molecule has 1 heterocycles. The Morgan fingerprint density at radius 1 is 1.21 bits per heavy atom. The molecule has 0 spiro atoms. The Hall–Kier alpha value is -2.64. The highest BCUT2D eigenvalue weighted by atomic mass is 35.5. The van der Waals surface area contributed by atoms with Crippen LogP contribution in [0.5, 0.6) is 0 Å². The largest absolute Gasteiger partial charge is 0.289 e. The molecule has 0 radical (unpaired) electrons. The van der Waals surface area contributed by atoms with Crippen LogP contribution in [0, 0.1) is 11.6 Å². The molecule has 3 rings (SSSR count). The third-order valence-corrected chi connectivity index (χ3v) is 3.68. The third-order valence-electron chi connectivity index (χ3n) is 3.45. The second-order valence-corrected chi connectivity index (χ2v) is 5.39. The van der Waals surface area contributed by atoms with Crippen molar-refractivity contribution in [3.05, 3.63) is 64.2 Å². The number of carbonyl (C=O) groups is 1. The molecule has 0 bridgehead atoms. The number of hydrazine groups is 1. The SMILES string of the molecule is NNC(=O)C1=Nc2ccc(Cl)cc2C(c2c(F)cccc2F)=NC1. The van der Waals surface area contributed by atoms with Crippen molar-refractivity contribution < 1.29 is 13.6 Å². The van der Waals surface area contributed by atoms with Gasteiger partial charge in [-0.25, -0.2) is 19.6 Å². The van der Waals surface area contributed by atoms with Crippen LogP contribution in [0.1, 0.15) is 11.1 Å². The molecule has 1 amide bonds. The van der Waals surface area contributed by atoms with Crippen molar-refractivity contribution in [2.24, 2.45) is 15.8 Å². The summed E-state index contributed by atoms with van der Waals surface area (Å²) in [6.45, 7) is -0.182. The highest BCUT2D eigenvalue weighted by Gasteiger charge is 2.23. The molecule has 24 heavy (non-hydrogen) atoms. The van der Waals surface area contributed by atoms with Gasteiger partial charge in [0, 0.05) is 10.6 Å². The number of nitrogens with one attached hydrogen (secondary N) is 1. The lowest BCUT2D eigenvalue weighted by molar-refractivity contribution is -0.114. The van der Waals surface area contributed by atoms with Gasteiger partial charge in [0.1, 0.15) is 17.3 Å². The van der Waals surface area contributed by atoms with Crippen LogP contribution < -0.4 is 11.3 Å². The lowest BCUT2D eigenvalue weighted by atomic mass is 9.99. The summed E-state index contributed by atoms with van der Waals surface area (Å²) in [5, 5.41) is 0.347. The summed E-state index contributed by atoms with van der Waals surface area (Å²) in [4.78, 5) is 20.1. The predicted octanol–water partition coefficient (Wildman–Crippen LogP) is 2.53. The fourth-order valence-corrected chi connectivity index (χ4v) is 2.53. The Morgan fingerprint density at radius 2 is 1.92 bits per heavy atom. The number of amides is 1. The molecule has 3 N–H and O–H groups in total. The first-order chi connectivity index (χ1) is 11.5. The molecule has 5 nitrogen and oxygen atoms in total. The average molecular weight is 349 g/mol. The number of benzene rings is 2. The number of rotatable bonds is 2. The van der Waals surface area contributed by atoms with E-state index < -0.39 is 17.5 Å². The number of hydrogen-bond acceptors (Lipinski definition) is 4. The Bertz CT molecular complexity index is 875. The normalized spacial score (nSPS) is 13.5.